The Balaban J connectivity index is 1.13. The highest BCUT2D eigenvalue weighted by atomic mass is 32.2. The number of amides is 2. The average molecular weight is 586 g/mol. The van der Waals surface area contributed by atoms with Gasteiger partial charge in [0.2, 0.25) is 5.91 Å². The number of thioether (sulfide) groups is 1. The molecular formula is C33H36FN5O2S. The average Bonchev–Trinajstić information content (AvgIpc) is 3.38. The minimum Gasteiger partial charge on any atom is -0.339 e. The molecule has 3 aromatic carbocycles. The summed E-state index contributed by atoms with van der Waals surface area (Å²) < 4.78 is 15.7. The Kier molecular flexibility index (Phi) is 9.69. The molecule has 2 heterocycles. The number of rotatable bonds is 10. The third-order valence-electron chi connectivity index (χ3n) is 7.59. The number of para-hydroxylation sites is 1. The molecule has 218 valence electrons. The van der Waals surface area contributed by atoms with Crippen molar-refractivity contribution < 1.29 is 14.0 Å². The molecule has 0 N–H and O–H groups in total. The zero-order chi connectivity index (χ0) is 29.5. The van der Waals surface area contributed by atoms with Gasteiger partial charge in [-0.2, -0.15) is 0 Å². The van der Waals surface area contributed by atoms with Crippen LogP contribution in [0.4, 0.5) is 4.39 Å². The topological polar surface area (TPSA) is 71.3 Å². The number of halogens is 1. The number of aryl methyl sites for hydroxylation is 1. The first kappa shape index (κ1) is 29.5. The van der Waals surface area contributed by atoms with Gasteiger partial charge in [-0.25, -0.2) is 4.39 Å². The summed E-state index contributed by atoms with van der Waals surface area (Å²) in [6.45, 7) is 5.45. The molecule has 0 saturated carbocycles. The summed E-state index contributed by atoms with van der Waals surface area (Å²) in [7, 11) is 0. The number of unbranched alkanes of at least 4 members (excludes halogenated alkanes) is 1. The molecule has 5 rings (SSSR count). The van der Waals surface area contributed by atoms with Gasteiger partial charge in [-0.3, -0.25) is 14.2 Å². The molecule has 0 bridgehead atoms. The molecular weight excluding hydrogens is 549 g/mol. The molecule has 1 aliphatic heterocycles. The number of piperazine rings is 1. The second-order valence-corrected chi connectivity index (χ2v) is 11.7. The van der Waals surface area contributed by atoms with Gasteiger partial charge in [0.25, 0.3) is 5.91 Å². The van der Waals surface area contributed by atoms with E-state index in [-0.39, 0.29) is 17.9 Å². The van der Waals surface area contributed by atoms with Gasteiger partial charge in [-0.05, 0) is 62.1 Å². The smallest absolute Gasteiger partial charge is 0.254 e. The van der Waals surface area contributed by atoms with E-state index >= 15 is 0 Å². The van der Waals surface area contributed by atoms with E-state index in [4.69, 9.17) is 0 Å². The number of benzene rings is 3. The lowest BCUT2D eigenvalue weighted by atomic mass is 10.1. The van der Waals surface area contributed by atoms with Crippen LogP contribution in [0, 0.1) is 12.7 Å². The van der Waals surface area contributed by atoms with Crippen LogP contribution in [0.5, 0.6) is 0 Å². The van der Waals surface area contributed by atoms with Crippen molar-refractivity contribution in [2.24, 2.45) is 0 Å². The Hall–Kier alpha value is -3.98. The molecule has 1 saturated heterocycles. The summed E-state index contributed by atoms with van der Waals surface area (Å²) in [6.07, 6.45) is 2.81. The molecule has 0 aliphatic carbocycles. The monoisotopic (exact) mass is 585 g/mol. The van der Waals surface area contributed by atoms with Gasteiger partial charge in [0.1, 0.15) is 11.6 Å². The molecule has 7 nitrogen and oxygen atoms in total. The fraction of sp³-hybridized carbons (Fsp3) is 0.333. The molecule has 1 unspecified atom stereocenters. The summed E-state index contributed by atoms with van der Waals surface area (Å²) in [4.78, 5) is 29.4. The quantitative estimate of drug-likeness (QED) is 0.170. The molecule has 2 amide bonds. The second-order valence-electron chi connectivity index (χ2n) is 10.7. The minimum absolute atomic E-state index is 0.109. The zero-order valence-electron chi connectivity index (χ0n) is 24.1. The van der Waals surface area contributed by atoms with E-state index in [0.29, 0.717) is 38.0 Å². The summed E-state index contributed by atoms with van der Waals surface area (Å²) in [5.41, 5.74) is 3.76. The van der Waals surface area contributed by atoms with Crippen molar-refractivity contribution in [3.05, 3.63) is 107 Å². The molecule has 0 spiro atoms. The molecule has 1 atom stereocenters. The predicted octanol–water partition coefficient (Wildman–Crippen LogP) is 5.94. The molecule has 1 fully saturated rings. The van der Waals surface area contributed by atoms with Crippen LogP contribution in [0.3, 0.4) is 0 Å². The fourth-order valence-corrected chi connectivity index (χ4v) is 6.28. The van der Waals surface area contributed by atoms with Crippen molar-refractivity contribution >= 4 is 23.6 Å². The van der Waals surface area contributed by atoms with Crippen molar-refractivity contribution in [2.45, 2.75) is 50.7 Å². The summed E-state index contributed by atoms with van der Waals surface area (Å²) >= 11 is 1.67. The minimum atomic E-state index is -0.427. The number of carbonyl (C=O) groups excluding carboxylic acids is 2. The highest BCUT2D eigenvalue weighted by molar-refractivity contribution is 7.99. The molecule has 1 aromatic heterocycles. The lowest BCUT2D eigenvalue weighted by molar-refractivity contribution is -0.133. The van der Waals surface area contributed by atoms with Crippen LogP contribution in [0.15, 0.2) is 84.0 Å². The SMILES string of the molecule is Cc1ccccc1-n1c(Cc2ccccc2)nnc1SCCCCC(=O)N1CCN(C(=O)c2cccc(F)c2)C(C)C1. The lowest BCUT2D eigenvalue weighted by Crippen LogP contribution is -2.55. The fourth-order valence-electron chi connectivity index (χ4n) is 5.32. The largest absolute Gasteiger partial charge is 0.339 e. The first-order chi connectivity index (χ1) is 20.4. The predicted molar refractivity (Wildman–Crippen MR) is 163 cm³/mol. The first-order valence-electron chi connectivity index (χ1n) is 14.4. The molecule has 42 heavy (non-hydrogen) atoms. The van der Waals surface area contributed by atoms with E-state index in [0.717, 1.165) is 40.8 Å². The third-order valence-corrected chi connectivity index (χ3v) is 8.61. The maximum Gasteiger partial charge on any atom is 0.254 e. The van der Waals surface area contributed by atoms with Crippen LogP contribution in [0.2, 0.25) is 0 Å². The van der Waals surface area contributed by atoms with Gasteiger partial charge in [0.15, 0.2) is 5.16 Å². The van der Waals surface area contributed by atoms with Gasteiger partial charge < -0.3 is 9.80 Å². The van der Waals surface area contributed by atoms with E-state index in [2.05, 4.69) is 46.0 Å². The van der Waals surface area contributed by atoms with Crippen LogP contribution in [-0.4, -0.2) is 67.8 Å². The van der Waals surface area contributed by atoms with Gasteiger partial charge in [0.05, 0.1) is 5.69 Å². The van der Waals surface area contributed by atoms with Crippen LogP contribution in [0.1, 0.15) is 53.5 Å². The maximum absolute atomic E-state index is 13.6. The highest BCUT2D eigenvalue weighted by Gasteiger charge is 2.30. The lowest BCUT2D eigenvalue weighted by Gasteiger charge is -2.40. The Morgan fingerprint density at radius 2 is 1.74 bits per heavy atom. The van der Waals surface area contributed by atoms with Crippen LogP contribution in [0.25, 0.3) is 5.69 Å². The summed E-state index contributed by atoms with van der Waals surface area (Å²) in [5.74, 6) is 1.21. The molecule has 9 heteroatoms. The van der Waals surface area contributed by atoms with Crippen LogP contribution < -0.4 is 0 Å². The van der Waals surface area contributed by atoms with Gasteiger partial charge in [-0.15, -0.1) is 10.2 Å². The Labute approximate surface area is 250 Å². The normalized spacial score (nSPS) is 15.2. The van der Waals surface area contributed by atoms with Crippen molar-refractivity contribution in [1.29, 1.82) is 0 Å². The second kappa shape index (κ2) is 13.8. The van der Waals surface area contributed by atoms with Crippen molar-refractivity contribution in [3.8, 4) is 5.69 Å². The Bertz CT molecular complexity index is 1530. The highest BCUT2D eigenvalue weighted by Crippen LogP contribution is 2.26. The van der Waals surface area contributed by atoms with E-state index < -0.39 is 5.82 Å². The third kappa shape index (κ3) is 7.07. The maximum atomic E-state index is 13.6. The standard InChI is InChI=1S/C33H36FN5O2S/c1-24-11-6-7-16-29(24)39-30(21-26-12-4-3-5-13-26)35-36-33(39)42-20-9-8-17-31(40)37-18-19-38(25(2)23-37)32(41)27-14-10-15-28(34)22-27/h3-7,10-16,22,25H,8-9,17-21,23H2,1-2H3. The van der Waals surface area contributed by atoms with Gasteiger partial charge >= 0.3 is 0 Å². The number of carbonyl (C=O) groups is 2. The molecule has 0 radical (unpaired) electrons. The van der Waals surface area contributed by atoms with E-state index in [9.17, 15) is 14.0 Å². The summed E-state index contributed by atoms with van der Waals surface area (Å²) in [5, 5.41) is 9.95. The van der Waals surface area contributed by atoms with E-state index in [1.54, 1.807) is 28.8 Å². The van der Waals surface area contributed by atoms with Crippen LogP contribution in [-0.2, 0) is 11.2 Å². The van der Waals surface area contributed by atoms with Crippen LogP contribution >= 0.6 is 11.8 Å². The van der Waals surface area contributed by atoms with Gasteiger partial charge in [-0.1, -0.05) is 66.4 Å². The van der Waals surface area contributed by atoms with Gasteiger partial charge in [0, 0.05) is 49.8 Å². The van der Waals surface area contributed by atoms with Crippen molar-refractivity contribution in [3.63, 3.8) is 0 Å². The van der Waals surface area contributed by atoms with E-state index in [1.807, 2.05) is 42.2 Å². The zero-order valence-corrected chi connectivity index (χ0v) is 24.9. The Morgan fingerprint density at radius 3 is 2.50 bits per heavy atom. The van der Waals surface area contributed by atoms with Crippen molar-refractivity contribution in [2.75, 3.05) is 25.4 Å². The van der Waals surface area contributed by atoms with Crippen molar-refractivity contribution in [1.82, 2.24) is 24.6 Å². The number of hydrogen-bond donors (Lipinski definition) is 0. The molecule has 1 aliphatic rings. The van der Waals surface area contributed by atoms with E-state index in [1.165, 1.54) is 17.7 Å². The summed E-state index contributed by atoms with van der Waals surface area (Å²) in [6, 6.07) is 24.2. The molecule has 4 aromatic rings. The number of aromatic nitrogens is 3. The number of nitrogens with zero attached hydrogens (tertiary/aromatic N) is 5. The Morgan fingerprint density at radius 1 is 0.952 bits per heavy atom. The number of hydrogen-bond acceptors (Lipinski definition) is 5. The first-order valence-corrected chi connectivity index (χ1v) is 15.4.